The van der Waals surface area contributed by atoms with E-state index in [-0.39, 0.29) is 13.0 Å². The lowest BCUT2D eigenvalue weighted by Gasteiger charge is -2.23. The van der Waals surface area contributed by atoms with E-state index in [1.165, 1.54) is 0 Å². The number of esters is 1. The first-order valence-electron chi connectivity index (χ1n) is 3.20. The Kier molecular flexibility index (Phi) is 2.24. The summed E-state index contributed by atoms with van der Waals surface area (Å²) >= 11 is 0. The van der Waals surface area contributed by atoms with Crippen LogP contribution in [0.4, 0.5) is 0 Å². The molecule has 0 aromatic heterocycles. The largest absolute Gasteiger partial charge is 0.460 e. The minimum Gasteiger partial charge on any atom is -0.460 e. The fraction of sp³-hybridized carbons (Fsp3) is 0.833. The van der Waals surface area contributed by atoms with Gasteiger partial charge in [0.05, 0.1) is 19.1 Å². The number of carbonyl (C=O) groups is 1. The maximum atomic E-state index is 10.5. The van der Waals surface area contributed by atoms with E-state index in [1.54, 1.807) is 0 Å². The fourth-order valence-corrected chi connectivity index (χ4v) is 0.973. The second-order valence-corrected chi connectivity index (χ2v) is 2.39. The van der Waals surface area contributed by atoms with Crippen molar-refractivity contribution in [1.29, 1.82) is 0 Å². The lowest BCUT2D eigenvalue weighted by atomic mass is 10.1. The van der Waals surface area contributed by atoms with Gasteiger partial charge in [0.25, 0.3) is 0 Å². The molecule has 10 heavy (non-hydrogen) atoms. The molecule has 58 valence electrons. The predicted octanol–water partition coefficient (Wildman–Crippen LogP) is -0.955. The zero-order chi connectivity index (χ0) is 7.56. The van der Waals surface area contributed by atoms with Gasteiger partial charge >= 0.3 is 5.97 Å². The molecular weight excluding hydrogens is 136 g/mol. The summed E-state index contributed by atoms with van der Waals surface area (Å²) in [6.45, 7) is -0.206. The molecule has 0 aliphatic carbocycles. The van der Waals surface area contributed by atoms with E-state index in [2.05, 4.69) is 4.74 Å². The van der Waals surface area contributed by atoms with Gasteiger partial charge < -0.3 is 14.9 Å². The molecule has 1 rings (SSSR count). The van der Waals surface area contributed by atoms with Crippen LogP contribution >= 0.6 is 0 Å². The molecule has 1 aliphatic heterocycles. The summed E-state index contributed by atoms with van der Waals surface area (Å²) in [5.41, 5.74) is 0. The van der Waals surface area contributed by atoms with Gasteiger partial charge in [-0.05, 0) is 0 Å². The molecule has 2 unspecified atom stereocenters. The van der Waals surface area contributed by atoms with Gasteiger partial charge in [-0.25, -0.2) is 0 Å². The first-order chi connectivity index (χ1) is 4.72. The van der Waals surface area contributed by atoms with Gasteiger partial charge in [0.1, 0.15) is 6.10 Å². The number of ether oxygens (including phenoxy) is 1. The SMILES string of the molecule is O=C1CC(O)CC(CO)O1. The van der Waals surface area contributed by atoms with Crippen LogP contribution in [0.25, 0.3) is 0 Å². The Morgan fingerprint density at radius 1 is 1.70 bits per heavy atom. The van der Waals surface area contributed by atoms with Crippen LogP contribution in [-0.2, 0) is 9.53 Å². The summed E-state index contributed by atoms with van der Waals surface area (Å²) in [4.78, 5) is 10.5. The van der Waals surface area contributed by atoms with E-state index in [1.807, 2.05) is 0 Å². The van der Waals surface area contributed by atoms with Crippen molar-refractivity contribution in [2.45, 2.75) is 25.0 Å². The molecule has 0 bridgehead atoms. The van der Waals surface area contributed by atoms with Crippen LogP contribution in [-0.4, -0.2) is 35.0 Å². The number of hydrogen-bond acceptors (Lipinski definition) is 4. The van der Waals surface area contributed by atoms with Gasteiger partial charge in [0.2, 0.25) is 0 Å². The molecule has 0 saturated carbocycles. The maximum absolute atomic E-state index is 10.5. The predicted molar refractivity (Wildman–Crippen MR) is 32.2 cm³/mol. The van der Waals surface area contributed by atoms with E-state index in [4.69, 9.17) is 10.2 Å². The summed E-state index contributed by atoms with van der Waals surface area (Å²) in [5, 5.41) is 17.5. The molecule has 1 aliphatic rings. The Labute approximate surface area is 58.4 Å². The van der Waals surface area contributed by atoms with Crippen LogP contribution in [0.2, 0.25) is 0 Å². The third-order valence-corrected chi connectivity index (χ3v) is 1.44. The van der Waals surface area contributed by atoms with E-state index in [0.29, 0.717) is 6.42 Å². The second kappa shape index (κ2) is 2.98. The molecule has 1 saturated heterocycles. The minimum atomic E-state index is -0.640. The zero-order valence-electron chi connectivity index (χ0n) is 5.49. The standard InChI is InChI=1S/C6H10O4/c7-3-5-1-4(8)2-6(9)10-5/h4-5,7-8H,1-3H2. The molecule has 0 radical (unpaired) electrons. The molecule has 2 atom stereocenters. The molecule has 0 aromatic rings. The highest BCUT2D eigenvalue weighted by atomic mass is 16.6. The van der Waals surface area contributed by atoms with Crippen molar-refractivity contribution < 1.29 is 19.7 Å². The Morgan fingerprint density at radius 3 is 2.90 bits per heavy atom. The van der Waals surface area contributed by atoms with Crippen LogP contribution in [0.3, 0.4) is 0 Å². The summed E-state index contributed by atoms with van der Waals surface area (Å²) in [6, 6.07) is 0. The van der Waals surface area contributed by atoms with E-state index in [0.717, 1.165) is 0 Å². The number of hydrogen-bond donors (Lipinski definition) is 2. The fourth-order valence-electron chi connectivity index (χ4n) is 0.973. The Morgan fingerprint density at radius 2 is 2.40 bits per heavy atom. The molecule has 1 fully saturated rings. The van der Waals surface area contributed by atoms with Gasteiger partial charge in [-0.15, -0.1) is 0 Å². The Hall–Kier alpha value is -0.610. The Bertz CT molecular complexity index is 134. The molecule has 1 heterocycles. The van der Waals surface area contributed by atoms with Crippen molar-refractivity contribution in [3.63, 3.8) is 0 Å². The quantitative estimate of drug-likeness (QED) is 0.468. The first-order valence-corrected chi connectivity index (χ1v) is 3.20. The van der Waals surface area contributed by atoms with Crippen LogP contribution in [0.1, 0.15) is 12.8 Å². The topological polar surface area (TPSA) is 66.8 Å². The van der Waals surface area contributed by atoms with E-state index < -0.39 is 18.2 Å². The summed E-state index contributed by atoms with van der Waals surface area (Å²) < 4.78 is 4.66. The highest BCUT2D eigenvalue weighted by Crippen LogP contribution is 2.13. The van der Waals surface area contributed by atoms with Crippen molar-refractivity contribution >= 4 is 5.97 Å². The normalized spacial score (nSPS) is 33.6. The minimum absolute atomic E-state index is 0.0521. The monoisotopic (exact) mass is 146 g/mol. The second-order valence-electron chi connectivity index (χ2n) is 2.39. The van der Waals surface area contributed by atoms with Crippen molar-refractivity contribution in [3.05, 3.63) is 0 Å². The summed E-state index contributed by atoms with van der Waals surface area (Å²) in [5.74, 6) is -0.433. The highest BCUT2D eigenvalue weighted by Gasteiger charge is 2.26. The van der Waals surface area contributed by atoms with Gasteiger partial charge in [-0.2, -0.15) is 0 Å². The average molecular weight is 146 g/mol. The lowest BCUT2D eigenvalue weighted by molar-refractivity contribution is -0.162. The molecule has 4 heteroatoms. The third kappa shape index (κ3) is 1.68. The molecule has 0 amide bonds. The number of aliphatic hydroxyl groups is 2. The maximum Gasteiger partial charge on any atom is 0.308 e. The van der Waals surface area contributed by atoms with Gasteiger partial charge in [-0.1, -0.05) is 0 Å². The smallest absolute Gasteiger partial charge is 0.308 e. The molecule has 0 spiro atoms. The van der Waals surface area contributed by atoms with E-state index >= 15 is 0 Å². The Balaban J connectivity index is 2.42. The molecule has 2 N–H and O–H groups in total. The van der Waals surface area contributed by atoms with Crippen molar-refractivity contribution in [2.24, 2.45) is 0 Å². The lowest BCUT2D eigenvalue weighted by Crippen LogP contribution is -2.34. The van der Waals surface area contributed by atoms with Crippen molar-refractivity contribution in [1.82, 2.24) is 0 Å². The first kappa shape index (κ1) is 7.50. The number of cyclic esters (lactones) is 1. The van der Waals surface area contributed by atoms with Crippen LogP contribution < -0.4 is 0 Å². The summed E-state index contributed by atoms with van der Waals surface area (Å²) in [7, 11) is 0. The van der Waals surface area contributed by atoms with Gasteiger partial charge in [0.15, 0.2) is 0 Å². The van der Waals surface area contributed by atoms with Gasteiger partial charge in [0, 0.05) is 6.42 Å². The van der Waals surface area contributed by atoms with Crippen molar-refractivity contribution in [2.75, 3.05) is 6.61 Å². The molecule has 0 aromatic carbocycles. The van der Waals surface area contributed by atoms with Crippen LogP contribution in [0.5, 0.6) is 0 Å². The molecular formula is C6H10O4. The molecule has 4 nitrogen and oxygen atoms in total. The third-order valence-electron chi connectivity index (χ3n) is 1.44. The van der Waals surface area contributed by atoms with Gasteiger partial charge in [-0.3, -0.25) is 4.79 Å². The number of rotatable bonds is 1. The van der Waals surface area contributed by atoms with Crippen LogP contribution in [0, 0.1) is 0 Å². The average Bonchev–Trinajstić information content (AvgIpc) is 1.85. The van der Waals surface area contributed by atoms with E-state index in [9.17, 15) is 4.79 Å². The zero-order valence-corrected chi connectivity index (χ0v) is 5.49. The summed E-state index contributed by atoms with van der Waals surface area (Å²) in [6.07, 6.45) is -0.742. The van der Waals surface area contributed by atoms with Crippen molar-refractivity contribution in [3.8, 4) is 0 Å². The van der Waals surface area contributed by atoms with Crippen LogP contribution in [0.15, 0.2) is 0 Å². The highest BCUT2D eigenvalue weighted by molar-refractivity contribution is 5.70. The number of carbonyl (C=O) groups excluding carboxylic acids is 1. The number of aliphatic hydroxyl groups excluding tert-OH is 2.